The molecule has 3 nitrogen and oxygen atoms in total. The van der Waals surface area contributed by atoms with Gasteiger partial charge in [-0.05, 0) is 49.4 Å². The van der Waals surface area contributed by atoms with Crippen LogP contribution in [0.3, 0.4) is 0 Å². The van der Waals surface area contributed by atoms with Crippen molar-refractivity contribution in [3.8, 4) is 5.75 Å². The van der Waals surface area contributed by atoms with Crippen LogP contribution in [0.25, 0.3) is 0 Å². The highest BCUT2D eigenvalue weighted by atomic mass is 16.5. The highest BCUT2D eigenvalue weighted by molar-refractivity contribution is 5.89. The van der Waals surface area contributed by atoms with E-state index in [2.05, 4.69) is 13.8 Å². The number of rotatable bonds is 6. The third-order valence-corrected chi connectivity index (χ3v) is 2.62. The summed E-state index contributed by atoms with van der Waals surface area (Å²) in [5, 5.41) is 8.89. The van der Waals surface area contributed by atoms with E-state index >= 15 is 0 Å². The molecule has 0 radical (unpaired) electrons. The van der Waals surface area contributed by atoms with Crippen LogP contribution in [0.15, 0.2) is 18.2 Å². The minimum atomic E-state index is -0.895. The molecule has 0 amide bonds. The van der Waals surface area contributed by atoms with Crippen molar-refractivity contribution in [3.63, 3.8) is 0 Å². The summed E-state index contributed by atoms with van der Waals surface area (Å²) in [6.45, 7) is 6.84. The largest absolute Gasteiger partial charge is 0.494 e. The Morgan fingerprint density at radius 1 is 1.41 bits per heavy atom. The summed E-state index contributed by atoms with van der Waals surface area (Å²) in [5.41, 5.74) is 1.07. The summed E-state index contributed by atoms with van der Waals surface area (Å²) < 4.78 is 5.58. The summed E-state index contributed by atoms with van der Waals surface area (Å²) in [6, 6.07) is 5.08. The van der Waals surface area contributed by atoms with Gasteiger partial charge in [-0.2, -0.15) is 0 Å². The van der Waals surface area contributed by atoms with Gasteiger partial charge in [0, 0.05) is 0 Å². The molecule has 0 fully saturated rings. The molecule has 0 saturated heterocycles. The van der Waals surface area contributed by atoms with Crippen molar-refractivity contribution in [1.29, 1.82) is 0 Å². The van der Waals surface area contributed by atoms with Gasteiger partial charge in [0.15, 0.2) is 0 Å². The summed E-state index contributed by atoms with van der Waals surface area (Å²) in [4.78, 5) is 10.8. The lowest BCUT2D eigenvalue weighted by atomic mass is 10.1. The lowest BCUT2D eigenvalue weighted by Crippen LogP contribution is -2.02. The molecule has 1 aromatic rings. The molecule has 1 N–H and O–H groups in total. The first-order valence-electron chi connectivity index (χ1n) is 5.97. The van der Waals surface area contributed by atoms with Crippen molar-refractivity contribution in [2.45, 2.75) is 33.6 Å². The predicted molar refractivity (Wildman–Crippen MR) is 67.7 cm³/mol. The van der Waals surface area contributed by atoms with Crippen LogP contribution in [-0.4, -0.2) is 17.7 Å². The molecule has 0 atom stereocenters. The number of carbonyl (C=O) groups is 1. The van der Waals surface area contributed by atoms with Crippen molar-refractivity contribution in [3.05, 3.63) is 29.3 Å². The van der Waals surface area contributed by atoms with Gasteiger partial charge in [-0.15, -0.1) is 0 Å². The number of ether oxygens (including phenoxy) is 1. The molecule has 17 heavy (non-hydrogen) atoms. The van der Waals surface area contributed by atoms with Crippen molar-refractivity contribution in [2.75, 3.05) is 6.61 Å². The number of aromatic carboxylic acids is 1. The molecule has 0 aromatic heterocycles. The van der Waals surface area contributed by atoms with Gasteiger partial charge in [-0.1, -0.05) is 13.8 Å². The second-order valence-electron chi connectivity index (χ2n) is 4.67. The van der Waals surface area contributed by atoms with E-state index in [0.29, 0.717) is 18.1 Å². The standard InChI is InChI=1S/C14H20O3/c1-10(2)5-4-8-17-12-6-7-13(14(15)16)11(3)9-12/h6-7,9-10H,4-5,8H2,1-3H3,(H,15,16). The predicted octanol–water partition coefficient (Wildman–Crippen LogP) is 3.51. The Morgan fingerprint density at radius 2 is 2.12 bits per heavy atom. The molecule has 0 saturated carbocycles. The van der Waals surface area contributed by atoms with Gasteiger partial charge in [0.05, 0.1) is 12.2 Å². The van der Waals surface area contributed by atoms with Gasteiger partial charge in [-0.25, -0.2) is 4.79 Å². The van der Waals surface area contributed by atoms with Crippen molar-refractivity contribution in [2.24, 2.45) is 5.92 Å². The molecule has 0 aliphatic carbocycles. The van der Waals surface area contributed by atoms with E-state index in [1.165, 1.54) is 0 Å². The molecular formula is C14H20O3. The number of carboxylic acids is 1. The normalized spacial score (nSPS) is 10.6. The summed E-state index contributed by atoms with van der Waals surface area (Å²) in [5.74, 6) is 0.542. The van der Waals surface area contributed by atoms with Gasteiger partial charge in [0.1, 0.15) is 5.75 Å². The highest BCUT2D eigenvalue weighted by Gasteiger charge is 2.07. The van der Waals surface area contributed by atoms with E-state index < -0.39 is 5.97 Å². The van der Waals surface area contributed by atoms with Crippen molar-refractivity contribution >= 4 is 5.97 Å². The van der Waals surface area contributed by atoms with E-state index in [-0.39, 0.29) is 0 Å². The minimum absolute atomic E-state index is 0.333. The molecule has 0 unspecified atom stereocenters. The average Bonchev–Trinajstić information content (AvgIpc) is 2.23. The molecular weight excluding hydrogens is 216 g/mol. The molecule has 3 heteroatoms. The Morgan fingerprint density at radius 3 is 2.65 bits per heavy atom. The Balaban J connectivity index is 2.50. The van der Waals surface area contributed by atoms with Crippen LogP contribution in [0, 0.1) is 12.8 Å². The van der Waals surface area contributed by atoms with E-state index in [0.717, 1.165) is 24.2 Å². The molecule has 0 aliphatic rings. The van der Waals surface area contributed by atoms with Crippen LogP contribution in [0.5, 0.6) is 5.75 Å². The third kappa shape index (κ3) is 4.47. The van der Waals surface area contributed by atoms with Crippen LogP contribution in [0.1, 0.15) is 42.6 Å². The Labute approximate surface area is 102 Å². The maximum atomic E-state index is 10.8. The summed E-state index contributed by atoms with van der Waals surface area (Å²) >= 11 is 0. The van der Waals surface area contributed by atoms with Crippen molar-refractivity contribution < 1.29 is 14.6 Å². The zero-order valence-electron chi connectivity index (χ0n) is 10.7. The van der Waals surface area contributed by atoms with Crippen LogP contribution >= 0.6 is 0 Å². The Kier molecular flexibility index (Phi) is 5.01. The number of hydrogen-bond donors (Lipinski definition) is 1. The Hall–Kier alpha value is -1.51. The van der Waals surface area contributed by atoms with E-state index in [9.17, 15) is 4.79 Å². The zero-order valence-corrected chi connectivity index (χ0v) is 10.7. The van der Waals surface area contributed by atoms with E-state index in [1.807, 2.05) is 0 Å². The fraction of sp³-hybridized carbons (Fsp3) is 0.500. The van der Waals surface area contributed by atoms with Crippen molar-refractivity contribution in [1.82, 2.24) is 0 Å². The first kappa shape index (κ1) is 13.6. The second-order valence-corrected chi connectivity index (χ2v) is 4.67. The molecule has 0 bridgehead atoms. The van der Waals surface area contributed by atoms with Gasteiger partial charge >= 0.3 is 5.97 Å². The van der Waals surface area contributed by atoms with E-state index in [4.69, 9.17) is 9.84 Å². The van der Waals surface area contributed by atoms with Crippen LogP contribution < -0.4 is 4.74 Å². The molecule has 1 rings (SSSR count). The topological polar surface area (TPSA) is 46.5 Å². The van der Waals surface area contributed by atoms with Gasteiger partial charge < -0.3 is 9.84 Å². The van der Waals surface area contributed by atoms with Crippen LogP contribution in [-0.2, 0) is 0 Å². The third-order valence-electron chi connectivity index (χ3n) is 2.62. The van der Waals surface area contributed by atoms with Gasteiger partial charge in [-0.3, -0.25) is 0 Å². The fourth-order valence-electron chi connectivity index (χ4n) is 1.65. The lowest BCUT2D eigenvalue weighted by Gasteiger charge is -2.09. The van der Waals surface area contributed by atoms with Gasteiger partial charge in [0.25, 0.3) is 0 Å². The van der Waals surface area contributed by atoms with Crippen LogP contribution in [0.4, 0.5) is 0 Å². The molecule has 0 spiro atoms. The number of carboxylic acid groups (broad SMARTS) is 1. The minimum Gasteiger partial charge on any atom is -0.494 e. The monoisotopic (exact) mass is 236 g/mol. The Bertz CT molecular complexity index is 383. The quantitative estimate of drug-likeness (QED) is 0.769. The maximum absolute atomic E-state index is 10.8. The van der Waals surface area contributed by atoms with E-state index in [1.54, 1.807) is 25.1 Å². The fourth-order valence-corrected chi connectivity index (χ4v) is 1.65. The second kappa shape index (κ2) is 6.28. The molecule has 94 valence electrons. The first-order valence-corrected chi connectivity index (χ1v) is 5.97. The summed E-state index contributed by atoms with van der Waals surface area (Å²) in [6.07, 6.45) is 2.17. The molecule has 0 heterocycles. The highest BCUT2D eigenvalue weighted by Crippen LogP contribution is 2.17. The van der Waals surface area contributed by atoms with Gasteiger partial charge in [0.2, 0.25) is 0 Å². The number of benzene rings is 1. The maximum Gasteiger partial charge on any atom is 0.335 e. The molecule has 0 aliphatic heterocycles. The van der Waals surface area contributed by atoms with Crippen LogP contribution in [0.2, 0.25) is 0 Å². The number of hydrogen-bond acceptors (Lipinski definition) is 2. The average molecular weight is 236 g/mol. The summed E-state index contributed by atoms with van der Waals surface area (Å²) in [7, 11) is 0. The lowest BCUT2D eigenvalue weighted by molar-refractivity contribution is 0.0696. The molecule has 1 aromatic carbocycles. The zero-order chi connectivity index (χ0) is 12.8. The first-order chi connectivity index (χ1) is 8.00. The number of aryl methyl sites for hydroxylation is 1. The smallest absolute Gasteiger partial charge is 0.335 e. The SMILES string of the molecule is Cc1cc(OCCCC(C)C)ccc1C(=O)O.